The summed E-state index contributed by atoms with van der Waals surface area (Å²) in [4.78, 5) is 18.1. The molecule has 10 nitrogen and oxygen atoms in total. The van der Waals surface area contributed by atoms with Gasteiger partial charge >= 0.3 is 0 Å². The number of aromatic nitrogens is 2. The number of nitrogens with two attached hydrogens (primary N) is 1. The predicted molar refractivity (Wildman–Crippen MR) is 121 cm³/mol. The number of hydroxylamine groups is 2. The standard InChI is InChI=1S/C22H27FN8O2/c1-13-21(29-33-28-13)31-7-5-30(6-8-31)19-11-17(26-12-27-19)20(25)14-9-18(15(23)10-16(14)24)32-22(2)3-4-22/h9-12,21,25,28-29H,1,3-8,24H2,2H3. The summed E-state index contributed by atoms with van der Waals surface area (Å²) < 4.78 is 20.2. The number of nitrogen functional groups attached to an aromatic ring is 1. The number of halogens is 1. The van der Waals surface area contributed by atoms with Gasteiger partial charge in [0, 0.05) is 49.6 Å². The Morgan fingerprint density at radius 3 is 2.70 bits per heavy atom. The Hall–Kier alpha value is -3.28. The van der Waals surface area contributed by atoms with Gasteiger partial charge in [0.25, 0.3) is 0 Å². The van der Waals surface area contributed by atoms with Gasteiger partial charge in [-0.3, -0.25) is 10.3 Å². The maximum absolute atomic E-state index is 14.4. The zero-order valence-corrected chi connectivity index (χ0v) is 18.4. The van der Waals surface area contributed by atoms with E-state index in [-0.39, 0.29) is 28.9 Å². The normalized spacial score (nSPS) is 22.2. The van der Waals surface area contributed by atoms with Gasteiger partial charge in [0.15, 0.2) is 11.6 Å². The molecule has 1 aromatic carbocycles. The lowest BCUT2D eigenvalue weighted by Gasteiger charge is -2.37. The lowest BCUT2D eigenvalue weighted by Crippen LogP contribution is -2.53. The number of ether oxygens (including phenoxy) is 1. The molecule has 1 saturated carbocycles. The maximum Gasteiger partial charge on any atom is 0.167 e. The second-order valence-electron chi connectivity index (χ2n) is 8.83. The second-order valence-corrected chi connectivity index (χ2v) is 8.83. The predicted octanol–water partition coefficient (Wildman–Crippen LogP) is 1.55. The van der Waals surface area contributed by atoms with Crippen molar-refractivity contribution in [2.24, 2.45) is 0 Å². The first-order valence-electron chi connectivity index (χ1n) is 10.9. The van der Waals surface area contributed by atoms with E-state index >= 15 is 0 Å². The van der Waals surface area contributed by atoms with Crippen molar-refractivity contribution in [1.29, 1.82) is 5.41 Å². The third-order valence-corrected chi connectivity index (χ3v) is 6.28. The van der Waals surface area contributed by atoms with Gasteiger partial charge in [0.2, 0.25) is 0 Å². The number of hydrogen-bond acceptors (Lipinski definition) is 10. The molecule has 1 aliphatic carbocycles. The van der Waals surface area contributed by atoms with E-state index in [2.05, 4.69) is 37.3 Å². The lowest BCUT2D eigenvalue weighted by atomic mass is 10.0. The molecule has 1 aromatic heterocycles. The summed E-state index contributed by atoms with van der Waals surface area (Å²) in [6, 6.07) is 4.46. The van der Waals surface area contributed by atoms with E-state index in [0.29, 0.717) is 11.3 Å². The fourth-order valence-corrected chi connectivity index (χ4v) is 3.98. The minimum Gasteiger partial charge on any atom is -0.484 e. The Balaban J connectivity index is 1.32. The molecule has 2 saturated heterocycles. The summed E-state index contributed by atoms with van der Waals surface area (Å²) in [7, 11) is 0. The van der Waals surface area contributed by atoms with Gasteiger partial charge < -0.3 is 15.4 Å². The third kappa shape index (κ3) is 4.34. The Labute approximate surface area is 191 Å². The molecule has 3 aliphatic rings. The van der Waals surface area contributed by atoms with E-state index < -0.39 is 5.82 Å². The molecule has 2 aromatic rings. The van der Waals surface area contributed by atoms with Crippen LogP contribution in [0.2, 0.25) is 0 Å². The topological polar surface area (TPSA) is 125 Å². The van der Waals surface area contributed by atoms with Gasteiger partial charge in [-0.25, -0.2) is 19.8 Å². The van der Waals surface area contributed by atoms with Gasteiger partial charge in [-0.1, -0.05) is 6.58 Å². The van der Waals surface area contributed by atoms with Crippen molar-refractivity contribution < 1.29 is 14.1 Å². The summed E-state index contributed by atoms with van der Waals surface area (Å²) in [5.41, 5.74) is 13.2. The van der Waals surface area contributed by atoms with Crippen LogP contribution in [0.5, 0.6) is 5.75 Å². The lowest BCUT2D eigenvalue weighted by molar-refractivity contribution is -0.00599. The van der Waals surface area contributed by atoms with Crippen molar-refractivity contribution in [3.05, 3.63) is 53.9 Å². The molecule has 1 atom stereocenters. The van der Waals surface area contributed by atoms with E-state index in [1.807, 2.05) is 6.92 Å². The van der Waals surface area contributed by atoms with Crippen molar-refractivity contribution in [2.45, 2.75) is 31.5 Å². The monoisotopic (exact) mass is 454 g/mol. The summed E-state index contributed by atoms with van der Waals surface area (Å²) in [6.07, 6.45) is 3.12. The first kappa shape index (κ1) is 21.6. The summed E-state index contributed by atoms with van der Waals surface area (Å²) >= 11 is 0. The number of piperazine rings is 1. The number of rotatable bonds is 6. The van der Waals surface area contributed by atoms with Gasteiger partial charge in [-0.2, -0.15) is 10.4 Å². The van der Waals surface area contributed by atoms with E-state index in [4.69, 9.17) is 20.8 Å². The quantitative estimate of drug-likeness (QED) is 0.380. The van der Waals surface area contributed by atoms with E-state index in [9.17, 15) is 4.39 Å². The zero-order chi connectivity index (χ0) is 23.2. The van der Waals surface area contributed by atoms with Crippen LogP contribution in [0.1, 0.15) is 31.0 Å². The molecule has 2 aliphatic heterocycles. The fourth-order valence-electron chi connectivity index (χ4n) is 3.98. The van der Waals surface area contributed by atoms with Crippen LogP contribution in [-0.4, -0.2) is 58.5 Å². The Kier molecular flexibility index (Phi) is 5.39. The fraction of sp³-hybridized carbons (Fsp3) is 0.409. The Morgan fingerprint density at radius 1 is 1.27 bits per heavy atom. The molecule has 3 heterocycles. The van der Waals surface area contributed by atoms with Crippen molar-refractivity contribution >= 4 is 17.2 Å². The van der Waals surface area contributed by atoms with Crippen LogP contribution in [0.25, 0.3) is 0 Å². The molecule has 0 radical (unpaired) electrons. The molecular weight excluding hydrogens is 427 g/mol. The number of benzene rings is 1. The summed E-state index contributed by atoms with van der Waals surface area (Å²) in [5.74, 6) is 0.299. The van der Waals surface area contributed by atoms with Crippen LogP contribution in [0.15, 0.2) is 36.8 Å². The van der Waals surface area contributed by atoms with Gasteiger partial charge in [-0.15, -0.1) is 0 Å². The highest BCUT2D eigenvalue weighted by Gasteiger charge is 2.40. The average Bonchev–Trinajstić information content (AvgIpc) is 3.38. The molecule has 5 rings (SSSR count). The Morgan fingerprint density at radius 2 is 2.03 bits per heavy atom. The highest BCUT2D eigenvalue weighted by Crippen LogP contribution is 2.41. The van der Waals surface area contributed by atoms with E-state index in [1.165, 1.54) is 18.5 Å². The highest BCUT2D eigenvalue weighted by atomic mass is 19.1. The molecule has 3 fully saturated rings. The molecule has 174 valence electrons. The largest absolute Gasteiger partial charge is 0.484 e. The van der Waals surface area contributed by atoms with Crippen LogP contribution in [-0.2, 0) is 4.94 Å². The van der Waals surface area contributed by atoms with Crippen LogP contribution < -0.4 is 26.3 Å². The summed E-state index contributed by atoms with van der Waals surface area (Å²) in [5, 5.41) is 8.69. The van der Waals surface area contributed by atoms with Crippen molar-refractivity contribution in [3.8, 4) is 5.75 Å². The molecule has 11 heteroatoms. The van der Waals surface area contributed by atoms with Crippen LogP contribution >= 0.6 is 0 Å². The third-order valence-electron chi connectivity index (χ3n) is 6.28. The van der Waals surface area contributed by atoms with Crippen molar-refractivity contribution in [2.75, 3.05) is 36.8 Å². The molecule has 0 spiro atoms. The highest BCUT2D eigenvalue weighted by molar-refractivity contribution is 6.13. The maximum atomic E-state index is 14.4. The van der Waals surface area contributed by atoms with Gasteiger partial charge in [-0.05, 0) is 25.8 Å². The molecule has 33 heavy (non-hydrogen) atoms. The first-order valence-corrected chi connectivity index (χ1v) is 10.9. The number of nitrogens with one attached hydrogen (secondary N) is 3. The SMILES string of the molecule is C=C1NONC1N1CCN(c2cc(C(=N)c3cc(OC4(C)CC4)c(F)cc3N)ncn2)CC1. The smallest absolute Gasteiger partial charge is 0.167 e. The van der Waals surface area contributed by atoms with Crippen LogP contribution in [0, 0.1) is 11.2 Å². The summed E-state index contributed by atoms with van der Waals surface area (Å²) in [6.45, 7) is 8.93. The number of anilines is 2. The first-order chi connectivity index (χ1) is 15.8. The average molecular weight is 455 g/mol. The van der Waals surface area contributed by atoms with Crippen LogP contribution in [0.3, 0.4) is 0 Å². The molecule has 5 N–H and O–H groups in total. The zero-order valence-electron chi connectivity index (χ0n) is 18.4. The van der Waals surface area contributed by atoms with Gasteiger partial charge in [0.05, 0.1) is 17.1 Å². The van der Waals surface area contributed by atoms with Crippen molar-refractivity contribution in [3.63, 3.8) is 0 Å². The number of nitrogens with zero attached hydrogens (tertiary/aromatic N) is 4. The van der Waals surface area contributed by atoms with Gasteiger partial charge in [0.1, 0.15) is 23.9 Å². The minimum absolute atomic E-state index is 0.0722. The minimum atomic E-state index is -0.529. The van der Waals surface area contributed by atoms with E-state index in [0.717, 1.165) is 50.5 Å². The second kappa shape index (κ2) is 8.25. The van der Waals surface area contributed by atoms with Crippen LogP contribution in [0.4, 0.5) is 15.9 Å². The molecule has 0 amide bonds. The molecule has 1 unspecified atom stereocenters. The molecule has 0 bridgehead atoms. The number of hydrogen-bond donors (Lipinski definition) is 4. The molecular formula is C22H27FN8O2. The Bertz CT molecular complexity index is 1100. The van der Waals surface area contributed by atoms with Crippen molar-refractivity contribution in [1.82, 2.24) is 25.8 Å². The van der Waals surface area contributed by atoms with E-state index in [1.54, 1.807) is 6.07 Å².